The highest BCUT2D eigenvalue weighted by atomic mass is 35.5. The fourth-order valence-electron chi connectivity index (χ4n) is 5.29. The van der Waals surface area contributed by atoms with Crippen LogP contribution < -0.4 is 5.73 Å². The Morgan fingerprint density at radius 3 is 2.55 bits per heavy atom. The molecule has 12 heteroatoms. The number of pyridine rings is 1. The summed E-state index contributed by atoms with van der Waals surface area (Å²) >= 11 is 6.42. The van der Waals surface area contributed by atoms with Gasteiger partial charge in [0.1, 0.15) is 17.3 Å². The van der Waals surface area contributed by atoms with Crippen LogP contribution in [0.1, 0.15) is 27.4 Å². The van der Waals surface area contributed by atoms with E-state index in [9.17, 15) is 13.2 Å². The third-order valence-corrected chi connectivity index (χ3v) is 9.51. The molecule has 0 fully saturated rings. The molecule has 218 valence electrons. The number of benzene rings is 3. The zero-order valence-electron chi connectivity index (χ0n) is 23.5. The molecule has 0 radical (unpaired) electrons. The van der Waals surface area contributed by atoms with E-state index in [0.29, 0.717) is 32.9 Å². The topological polar surface area (TPSA) is 142 Å². The molecule has 44 heavy (non-hydrogen) atoms. The van der Waals surface area contributed by atoms with Gasteiger partial charge in [0.2, 0.25) is 5.78 Å². The van der Waals surface area contributed by atoms with Crippen molar-refractivity contribution in [2.75, 3.05) is 5.73 Å². The summed E-state index contributed by atoms with van der Waals surface area (Å²) in [4.78, 5) is 26.2. The molecule has 7 aromatic rings. The van der Waals surface area contributed by atoms with Gasteiger partial charge in [0.05, 0.1) is 49.6 Å². The monoisotopic (exact) mass is 621 g/mol. The maximum atomic E-state index is 14.2. The molecule has 0 aliphatic carbocycles. The standard InChI is InChI=1S/C32H24ClN7O3S/c1-18-5-10-23(11-6-18)44(42,43)40-28-15-21(30-25(33)4-3-13-35-30)8-7-20(28)14-29(40)31(41)24-17-36-39(32(24)34)22-9-12-26-27(16-22)38-19(2)37-26/h3-17H,34H2,1-2H3,(H,37,38). The van der Waals surface area contributed by atoms with Crippen molar-refractivity contribution in [1.29, 1.82) is 0 Å². The van der Waals surface area contributed by atoms with E-state index >= 15 is 0 Å². The zero-order valence-corrected chi connectivity index (χ0v) is 25.1. The van der Waals surface area contributed by atoms with Crippen molar-refractivity contribution < 1.29 is 13.2 Å². The molecule has 0 unspecified atom stereocenters. The van der Waals surface area contributed by atoms with E-state index in [1.165, 1.54) is 23.0 Å². The van der Waals surface area contributed by atoms with Crippen LogP contribution in [0.25, 0.3) is 38.9 Å². The van der Waals surface area contributed by atoms with Gasteiger partial charge in [0, 0.05) is 17.1 Å². The molecule has 4 heterocycles. The second-order valence-electron chi connectivity index (χ2n) is 10.4. The van der Waals surface area contributed by atoms with Gasteiger partial charge >= 0.3 is 0 Å². The van der Waals surface area contributed by atoms with E-state index in [0.717, 1.165) is 26.4 Å². The SMILES string of the molecule is Cc1ccc(S(=O)(=O)n2c(C(=O)c3cnn(-c4ccc5nc(C)[nH]c5c4)c3N)cc3ccc(-c4ncccc4Cl)cc32)cc1. The zero-order chi connectivity index (χ0) is 30.7. The minimum absolute atomic E-state index is 0.0303. The van der Waals surface area contributed by atoms with Crippen LogP contribution in [0.4, 0.5) is 5.82 Å². The number of nitrogens with two attached hydrogens (primary N) is 1. The van der Waals surface area contributed by atoms with Crippen LogP contribution in [0.5, 0.6) is 0 Å². The lowest BCUT2D eigenvalue weighted by Crippen LogP contribution is -2.19. The van der Waals surface area contributed by atoms with Crippen molar-refractivity contribution in [3.8, 4) is 16.9 Å². The highest BCUT2D eigenvalue weighted by molar-refractivity contribution is 7.90. The predicted octanol–water partition coefficient (Wildman–Crippen LogP) is 6.09. The quantitative estimate of drug-likeness (QED) is 0.214. The summed E-state index contributed by atoms with van der Waals surface area (Å²) in [7, 11) is -4.25. The second-order valence-corrected chi connectivity index (χ2v) is 12.6. The van der Waals surface area contributed by atoms with Crippen LogP contribution in [0.2, 0.25) is 5.02 Å². The van der Waals surface area contributed by atoms with Crippen molar-refractivity contribution in [3.05, 3.63) is 119 Å². The number of nitrogens with zero attached hydrogens (tertiary/aromatic N) is 5. The lowest BCUT2D eigenvalue weighted by Gasteiger charge is -2.13. The fourth-order valence-corrected chi connectivity index (χ4v) is 7.02. The molecule has 0 aliphatic rings. The Balaban J connectivity index is 1.41. The molecule has 0 bridgehead atoms. The number of anilines is 1. The van der Waals surface area contributed by atoms with Crippen molar-refractivity contribution >= 4 is 55.2 Å². The van der Waals surface area contributed by atoms with E-state index in [1.807, 2.05) is 26.0 Å². The first kappa shape index (κ1) is 27.6. The van der Waals surface area contributed by atoms with E-state index in [2.05, 4.69) is 20.1 Å². The number of aryl methyl sites for hydroxylation is 2. The van der Waals surface area contributed by atoms with Crippen LogP contribution >= 0.6 is 11.6 Å². The van der Waals surface area contributed by atoms with Crippen molar-refractivity contribution in [2.45, 2.75) is 18.7 Å². The van der Waals surface area contributed by atoms with Gasteiger partial charge in [-0.05, 0) is 68.4 Å². The number of rotatable bonds is 6. The molecule has 0 saturated carbocycles. The molecule has 3 aromatic carbocycles. The number of nitrogen functional groups attached to an aromatic ring is 1. The highest BCUT2D eigenvalue weighted by Crippen LogP contribution is 2.33. The van der Waals surface area contributed by atoms with Crippen LogP contribution in [0.15, 0.2) is 96.2 Å². The van der Waals surface area contributed by atoms with Crippen molar-refractivity contribution in [3.63, 3.8) is 0 Å². The summed E-state index contributed by atoms with van der Waals surface area (Å²) in [6.07, 6.45) is 2.95. The van der Waals surface area contributed by atoms with Crippen LogP contribution in [0.3, 0.4) is 0 Å². The molecule has 10 nitrogen and oxygen atoms in total. The number of nitrogens with one attached hydrogen (secondary N) is 1. The Labute approximate surface area is 256 Å². The fraction of sp³-hybridized carbons (Fsp3) is 0.0625. The summed E-state index contributed by atoms with van der Waals surface area (Å²) in [6, 6.07) is 22.1. The summed E-state index contributed by atoms with van der Waals surface area (Å²) in [5.41, 5.74) is 10.9. The number of H-pyrrole nitrogens is 1. The number of carbonyl (C=O) groups excluding carboxylic acids is 1. The number of carbonyl (C=O) groups is 1. The van der Waals surface area contributed by atoms with Crippen LogP contribution in [0, 0.1) is 13.8 Å². The third kappa shape index (κ3) is 4.45. The largest absolute Gasteiger partial charge is 0.383 e. The number of hydrogen-bond acceptors (Lipinski definition) is 7. The Bertz CT molecular complexity index is 2370. The van der Waals surface area contributed by atoms with Gasteiger partial charge in [-0.2, -0.15) is 5.10 Å². The first-order chi connectivity index (χ1) is 21.1. The Morgan fingerprint density at radius 1 is 0.977 bits per heavy atom. The molecule has 0 atom stereocenters. The minimum atomic E-state index is -4.25. The van der Waals surface area contributed by atoms with Gasteiger partial charge in [-0.1, -0.05) is 41.4 Å². The molecular formula is C32H24ClN7O3S. The average Bonchev–Trinajstić information content (AvgIpc) is 3.70. The Hall–Kier alpha value is -5.26. The number of halogens is 1. The number of aromatic amines is 1. The molecule has 0 aliphatic heterocycles. The molecular weight excluding hydrogens is 598 g/mol. The third-order valence-electron chi connectivity index (χ3n) is 7.46. The molecule has 4 aromatic heterocycles. The summed E-state index contributed by atoms with van der Waals surface area (Å²) in [6.45, 7) is 3.72. The number of hydrogen-bond donors (Lipinski definition) is 2. The predicted molar refractivity (Wildman–Crippen MR) is 170 cm³/mol. The molecule has 0 saturated heterocycles. The van der Waals surface area contributed by atoms with E-state index in [1.54, 1.807) is 60.8 Å². The molecule has 3 N–H and O–H groups in total. The second kappa shape index (κ2) is 10.2. The van der Waals surface area contributed by atoms with Gasteiger partial charge in [0.25, 0.3) is 10.0 Å². The van der Waals surface area contributed by atoms with Crippen LogP contribution in [-0.2, 0) is 10.0 Å². The van der Waals surface area contributed by atoms with Crippen LogP contribution in [-0.4, -0.2) is 42.9 Å². The van der Waals surface area contributed by atoms with Crippen molar-refractivity contribution in [1.82, 2.24) is 28.7 Å². The minimum Gasteiger partial charge on any atom is -0.383 e. The molecule has 0 amide bonds. The highest BCUT2D eigenvalue weighted by Gasteiger charge is 2.29. The maximum absolute atomic E-state index is 14.2. The van der Waals surface area contributed by atoms with Gasteiger partial charge in [-0.15, -0.1) is 0 Å². The van der Waals surface area contributed by atoms with Crippen molar-refractivity contribution in [2.24, 2.45) is 0 Å². The number of aromatic nitrogens is 6. The summed E-state index contributed by atoms with van der Waals surface area (Å²) in [5, 5.41) is 5.32. The first-order valence-electron chi connectivity index (χ1n) is 13.6. The number of fused-ring (bicyclic) bond motifs is 2. The summed E-state index contributed by atoms with van der Waals surface area (Å²) in [5.74, 6) is 0.227. The molecule has 7 rings (SSSR count). The normalized spacial score (nSPS) is 11.9. The molecule has 0 spiro atoms. The Kier molecular flexibility index (Phi) is 6.38. The lowest BCUT2D eigenvalue weighted by molar-refractivity contribution is 0.103. The smallest absolute Gasteiger partial charge is 0.268 e. The van der Waals surface area contributed by atoms with Gasteiger partial charge in [-0.3, -0.25) is 9.78 Å². The average molecular weight is 622 g/mol. The lowest BCUT2D eigenvalue weighted by atomic mass is 10.1. The van der Waals surface area contributed by atoms with Gasteiger partial charge in [0.15, 0.2) is 0 Å². The number of imidazole rings is 1. The van der Waals surface area contributed by atoms with Gasteiger partial charge in [-0.25, -0.2) is 22.1 Å². The summed E-state index contributed by atoms with van der Waals surface area (Å²) < 4.78 is 31.0. The first-order valence-corrected chi connectivity index (χ1v) is 15.4. The van der Waals surface area contributed by atoms with E-state index < -0.39 is 15.8 Å². The van der Waals surface area contributed by atoms with Gasteiger partial charge < -0.3 is 10.7 Å². The van der Waals surface area contributed by atoms with E-state index in [-0.39, 0.29) is 22.0 Å². The Morgan fingerprint density at radius 2 is 1.77 bits per heavy atom. The maximum Gasteiger partial charge on any atom is 0.268 e. The van der Waals surface area contributed by atoms with E-state index in [4.69, 9.17) is 17.3 Å². The number of ketones is 1.